The van der Waals surface area contributed by atoms with Crippen LogP contribution in [-0.2, 0) is 0 Å². The maximum Gasteiger partial charge on any atom is 0.196 e. The Bertz CT molecular complexity index is 189. The molecule has 0 aromatic carbocycles. The van der Waals surface area contributed by atoms with Crippen molar-refractivity contribution in [1.82, 2.24) is 9.80 Å². The van der Waals surface area contributed by atoms with Gasteiger partial charge in [-0.15, -0.1) is 0 Å². The molecule has 0 amide bonds. The van der Waals surface area contributed by atoms with Gasteiger partial charge in [0.1, 0.15) is 0 Å². The van der Waals surface area contributed by atoms with Crippen LogP contribution in [-0.4, -0.2) is 48.5 Å². The van der Waals surface area contributed by atoms with Crippen molar-refractivity contribution in [3.05, 3.63) is 0 Å². The lowest BCUT2D eigenvalue weighted by Crippen LogP contribution is -2.37. The van der Waals surface area contributed by atoms with Gasteiger partial charge in [-0.25, -0.2) is 0 Å². The zero-order chi connectivity index (χ0) is 8.39. The molecule has 13 heavy (non-hydrogen) atoms. The predicted molar refractivity (Wildman–Crippen MR) is 57.1 cm³/mol. The van der Waals surface area contributed by atoms with Crippen molar-refractivity contribution in [2.24, 2.45) is 4.99 Å². The zero-order valence-corrected chi connectivity index (χ0v) is 7.79. The van der Waals surface area contributed by atoms with Crippen LogP contribution in [0, 0.1) is 0 Å². The molecule has 0 aromatic heterocycles. The van der Waals surface area contributed by atoms with Crippen LogP contribution in [0.3, 0.4) is 0 Å². The lowest BCUT2D eigenvalue weighted by Gasteiger charge is -2.25. The van der Waals surface area contributed by atoms with Crippen molar-refractivity contribution in [2.75, 3.05) is 32.7 Å². The Labute approximate surface area is 81.4 Å². The van der Waals surface area contributed by atoms with Crippen molar-refractivity contribution < 1.29 is 0 Å². The van der Waals surface area contributed by atoms with E-state index in [2.05, 4.69) is 21.7 Å². The first kappa shape index (κ1) is 10.4. The van der Waals surface area contributed by atoms with Crippen LogP contribution < -0.4 is 0 Å². The van der Waals surface area contributed by atoms with Gasteiger partial charge >= 0.3 is 0 Å². The Morgan fingerprint density at radius 2 is 2.15 bits per heavy atom. The molecule has 0 atom stereocenters. The first-order valence-corrected chi connectivity index (χ1v) is 4.96. The molecule has 3 nitrogen and oxygen atoms in total. The number of hydrogen-bond acceptors (Lipinski definition) is 3. The van der Waals surface area contributed by atoms with Gasteiger partial charge in [0.2, 0.25) is 0 Å². The summed E-state index contributed by atoms with van der Waals surface area (Å²) in [5.41, 5.74) is 0. The summed E-state index contributed by atoms with van der Waals surface area (Å²) in [6.07, 6.45) is 2.47. The molecule has 0 aromatic rings. The van der Waals surface area contributed by atoms with Crippen LogP contribution >= 0.6 is 0 Å². The van der Waals surface area contributed by atoms with E-state index in [1.165, 1.54) is 45.0 Å². The average Bonchev–Trinajstić information content (AvgIpc) is 2.50. The second-order valence-corrected chi connectivity index (χ2v) is 3.51. The second kappa shape index (κ2) is 4.49. The standard InChI is InChI=1S/C9H17N3.CH4/c1-2-5-11-7-8-12-6-3-4-10-9(11)12;/h2-8H2,1H3;1H4. The maximum atomic E-state index is 4.56. The molecule has 3 heteroatoms. The highest BCUT2D eigenvalue weighted by Gasteiger charge is 2.26. The summed E-state index contributed by atoms with van der Waals surface area (Å²) in [5.74, 6) is 1.27. The summed E-state index contributed by atoms with van der Waals surface area (Å²) in [4.78, 5) is 9.39. The Balaban J connectivity index is 0.000000845. The number of hydrogen-bond donors (Lipinski definition) is 0. The van der Waals surface area contributed by atoms with E-state index < -0.39 is 0 Å². The lowest BCUT2D eigenvalue weighted by atomic mass is 10.3. The van der Waals surface area contributed by atoms with E-state index in [0.29, 0.717) is 0 Å². The molecule has 2 aliphatic rings. The molecule has 0 N–H and O–H groups in total. The van der Waals surface area contributed by atoms with Gasteiger partial charge in [0.25, 0.3) is 0 Å². The topological polar surface area (TPSA) is 18.8 Å². The summed E-state index contributed by atoms with van der Waals surface area (Å²) in [7, 11) is 0. The molecule has 1 fully saturated rings. The summed E-state index contributed by atoms with van der Waals surface area (Å²) in [5, 5.41) is 0. The molecule has 2 rings (SSSR count). The van der Waals surface area contributed by atoms with E-state index >= 15 is 0 Å². The molecule has 1 saturated heterocycles. The van der Waals surface area contributed by atoms with Gasteiger partial charge < -0.3 is 9.80 Å². The van der Waals surface area contributed by atoms with Crippen LogP contribution in [0.2, 0.25) is 0 Å². The number of guanidine groups is 1. The van der Waals surface area contributed by atoms with Crippen LogP contribution in [0.1, 0.15) is 27.2 Å². The Morgan fingerprint density at radius 1 is 1.31 bits per heavy atom. The number of rotatable bonds is 2. The minimum absolute atomic E-state index is 0. The van der Waals surface area contributed by atoms with Gasteiger partial charge in [-0.05, 0) is 12.8 Å². The van der Waals surface area contributed by atoms with Gasteiger partial charge in [0.15, 0.2) is 5.96 Å². The Hall–Kier alpha value is -0.730. The highest BCUT2D eigenvalue weighted by atomic mass is 15.4. The smallest absolute Gasteiger partial charge is 0.196 e. The largest absolute Gasteiger partial charge is 0.341 e. The molecular formula is C10H21N3. The molecule has 0 bridgehead atoms. The van der Waals surface area contributed by atoms with Crippen LogP contribution in [0.4, 0.5) is 0 Å². The zero-order valence-electron chi connectivity index (χ0n) is 7.79. The lowest BCUT2D eigenvalue weighted by molar-refractivity contribution is 0.428. The van der Waals surface area contributed by atoms with E-state index in [0.717, 1.165) is 6.54 Å². The minimum atomic E-state index is 0. The number of fused-ring (bicyclic) bond motifs is 1. The quantitative estimate of drug-likeness (QED) is 0.644. The van der Waals surface area contributed by atoms with Gasteiger partial charge in [-0.2, -0.15) is 0 Å². The molecular weight excluding hydrogens is 162 g/mol. The summed E-state index contributed by atoms with van der Waals surface area (Å²) in [6.45, 7) is 8.04. The van der Waals surface area contributed by atoms with Crippen molar-refractivity contribution in [2.45, 2.75) is 27.2 Å². The van der Waals surface area contributed by atoms with Gasteiger partial charge in [-0.1, -0.05) is 14.4 Å². The van der Waals surface area contributed by atoms with Gasteiger partial charge in [-0.3, -0.25) is 4.99 Å². The predicted octanol–water partition coefficient (Wildman–Crippen LogP) is 1.41. The highest BCUT2D eigenvalue weighted by Crippen LogP contribution is 2.13. The summed E-state index contributed by atoms with van der Waals surface area (Å²) < 4.78 is 0. The second-order valence-electron chi connectivity index (χ2n) is 3.51. The van der Waals surface area contributed by atoms with E-state index in [4.69, 9.17) is 0 Å². The maximum absolute atomic E-state index is 4.56. The molecule has 2 heterocycles. The molecule has 0 unspecified atom stereocenters. The number of aliphatic imine (C=N–C) groups is 1. The monoisotopic (exact) mass is 183 g/mol. The normalized spacial score (nSPS) is 20.8. The molecule has 2 aliphatic heterocycles. The molecule has 0 aliphatic carbocycles. The van der Waals surface area contributed by atoms with Crippen LogP contribution in [0.5, 0.6) is 0 Å². The van der Waals surface area contributed by atoms with Gasteiger partial charge in [0, 0.05) is 32.7 Å². The third-order valence-corrected chi connectivity index (χ3v) is 2.54. The SMILES string of the molecule is C.CCCN1CCN2CCCN=C12. The van der Waals surface area contributed by atoms with Crippen molar-refractivity contribution in [1.29, 1.82) is 0 Å². The van der Waals surface area contributed by atoms with Crippen LogP contribution in [0.15, 0.2) is 4.99 Å². The Kier molecular flexibility index (Phi) is 3.58. The van der Waals surface area contributed by atoms with Crippen molar-refractivity contribution in [3.8, 4) is 0 Å². The van der Waals surface area contributed by atoms with Crippen LogP contribution in [0.25, 0.3) is 0 Å². The summed E-state index contributed by atoms with van der Waals surface area (Å²) >= 11 is 0. The number of nitrogens with zero attached hydrogens (tertiary/aromatic N) is 3. The fourth-order valence-electron chi connectivity index (χ4n) is 1.98. The molecule has 0 radical (unpaired) electrons. The average molecular weight is 183 g/mol. The highest BCUT2D eigenvalue weighted by molar-refractivity contribution is 5.82. The van der Waals surface area contributed by atoms with Crippen molar-refractivity contribution in [3.63, 3.8) is 0 Å². The Morgan fingerprint density at radius 3 is 2.92 bits per heavy atom. The molecule has 76 valence electrons. The van der Waals surface area contributed by atoms with E-state index in [1.807, 2.05) is 0 Å². The third-order valence-electron chi connectivity index (χ3n) is 2.54. The van der Waals surface area contributed by atoms with E-state index in [1.54, 1.807) is 0 Å². The van der Waals surface area contributed by atoms with E-state index in [9.17, 15) is 0 Å². The minimum Gasteiger partial charge on any atom is -0.341 e. The molecule has 0 spiro atoms. The third kappa shape index (κ3) is 1.95. The fourth-order valence-corrected chi connectivity index (χ4v) is 1.98. The van der Waals surface area contributed by atoms with Gasteiger partial charge in [0.05, 0.1) is 0 Å². The first-order valence-electron chi connectivity index (χ1n) is 4.96. The van der Waals surface area contributed by atoms with E-state index in [-0.39, 0.29) is 7.43 Å². The first-order chi connectivity index (χ1) is 5.92. The summed E-state index contributed by atoms with van der Waals surface area (Å²) in [6, 6.07) is 0. The van der Waals surface area contributed by atoms with Crippen molar-refractivity contribution >= 4 is 5.96 Å². The fraction of sp³-hybridized carbons (Fsp3) is 0.900. The molecule has 0 saturated carbocycles.